The number of hydrogen-bond donors (Lipinski definition) is 2. The van der Waals surface area contributed by atoms with Crippen LogP contribution in [0.4, 0.5) is 0 Å². The molecule has 1 aromatic rings. The molecule has 0 saturated carbocycles. The summed E-state index contributed by atoms with van der Waals surface area (Å²) >= 11 is 5.98. The zero-order valence-electron chi connectivity index (χ0n) is 11.0. The summed E-state index contributed by atoms with van der Waals surface area (Å²) in [4.78, 5) is 10.4. The standard InChI is InChI=1S/C13H14ClNO5S/c14-11-7-9(2-4-13(16)17)1-3-12(11)21(18,19)15-10-5-6-20-8-10/h1-4,7,10,15H,5-6,8H2,(H,16,17)/b4-2+. The Balaban J connectivity index is 2.21. The predicted octanol–water partition coefficient (Wildman–Crippen LogP) is 1.50. The number of rotatable bonds is 5. The number of carbonyl (C=O) groups is 1. The first-order chi connectivity index (χ1) is 9.88. The fraction of sp³-hybridized carbons (Fsp3) is 0.308. The van der Waals surface area contributed by atoms with Gasteiger partial charge >= 0.3 is 5.97 Å². The molecule has 0 bridgehead atoms. The van der Waals surface area contributed by atoms with Gasteiger partial charge in [0, 0.05) is 18.7 Å². The van der Waals surface area contributed by atoms with E-state index in [0.29, 0.717) is 25.2 Å². The molecule has 2 N–H and O–H groups in total. The zero-order valence-corrected chi connectivity index (χ0v) is 12.5. The Morgan fingerprint density at radius 3 is 2.81 bits per heavy atom. The highest BCUT2D eigenvalue weighted by molar-refractivity contribution is 7.89. The van der Waals surface area contributed by atoms with E-state index in [1.165, 1.54) is 24.3 Å². The highest BCUT2D eigenvalue weighted by atomic mass is 35.5. The first kappa shape index (κ1) is 16.0. The van der Waals surface area contributed by atoms with Gasteiger partial charge in [0.1, 0.15) is 4.90 Å². The summed E-state index contributed by atoms with van der Waals surface area (Å²) in [6, 6.07) is 3.99. The number of aliphatic carboxylic acids is 1. The zero-order chi connectivity index (χ0) is 15.5. The maximum Gasteiger partial charge on any atom is 0.328 e. The molecule has 1 saturated heterocycles. The minimum Gasteiger partial charge on any atom is -0.478 e. The summed E-state index contributed by atoms with van der Waals surface area (Å²) in [7, 11) is -3.72. The van der Waals surface area contributed by atoms with E-state index in [-0.39, 0.29) is 16.0 Å². The van der Waals surface area contributed by atoms with Crippen LogP contribution in [0.3, 0.4) is 0 Å². The van der Waals surface area contributed by atoms with Crippen LogP contribution in [0.15, 0.2) is 29.2 Å². The smallest absolute Gasteiger partial charge is 0.328 e. The Morgan fingerprint density at radius 2 is 2.24 bits per heavy atom. The SMILES string of the molecule is O=C(O)/C=C/c1ccc(S(=O)(=O)NC2CCOC2)c(Cl)c1. The monoisotopic (exact) mass is 331 g/mol. The molecule has 1 unspecified atom stereocenters. The molecule has 8 heteroatoms. The number of sulfonamides is 1. The number of halogens is 1. The molecule has 1 atom stereocenters. The Hall–Kier alpha value is -1.41. The van der Waals surface area contributed by atoms with Crippen molar-refractivity contribution >= 4 is 33.7 Å². The van der Waals surface area contributed by atoms with Gasteiger partial charge in [0.15, 0.2) is 0 Å². The van der Waals surface area contributed by atoms with Gasteiger partial charge in [-0.2, -0.15) is 0 Å². The molecule has 0 aromatic heterocycles. The molecule has 114 valence electrons. The fourth-order valence-electron chi connectivity index (χ4n) is 1.92. The van der Waals surface area contributed by atoms with E-state index in [1.807, 2.05) is 0 Å². The quantitative estimate of drug-likeness (QED) is 0.798. The average molecular weight is 332 g/mol. The molecule has 1 aliphatic rings. The molecule has 1 fully saturated rings. The predicted molar refractivity (Wildman–Crippen MR) is 77.7 cm³/mol. The van der Waals surface area contributed by atoms with E-state index in [4.69, 9.17) is 21.4 Å². The van der Waals surface area contributed by atoms with E-state index in [0.717, 1.165) is 6.08 Å². The summed E-state index contributed by atoms with van der Waals surface area (Å²) in [5.41, 5.74) is 0.505. The largest absolute Gasteiger partial charge is 0.478 e. The van der Waals surface area contributed by atoms with Crippen molar-refractivity contribution in [3.05, 3.63) is 34.9 Å². The first-order valence-electron chi connectivity index (χ1n) is 6.19. The number of carboxylic acids is 1. The van der Waals surface area contributed by atoms with Crippen LogP contribution >= 0.6 is 11.6 Å². The van der Waals surface area contributed by atoms with Gasteiger partial charge in [-0.1, -0.05) is 17.7 Å². The Labute approximate surface area is 127 Å². The lowest BCUT2D eigenvalue weighted by Gasteiger charge is -2.12. The van der Waals surface area contributed by atoms with Gasteiger partial charge in [0.05, 0.1) is 11.6 Å². The summed E-state index contributed by atoms with van der Waals surface area (Å²) in [6.07, 6.45) is 2.91. The molecular weight excluding hydrogens is 318 g/mol. The molecule has 2 rings (SSSR count). The third-order valence-electron chi connectivity index (χ3n) is 2.92. The maximum atomic E-state index is 12.2. The van der Waals surface area contributed by atoms with Crippen molar-refractivity contribution in [3.63, 3.8) is 0 Å². The van der Waals surface area contributed by atoms with Crippen molar-refractivity contribution in [2.75, 3.05) is 13.2 Å². The van der Waals surface area contributed by atoms with Crippen molar-refractivity contribution in [2.45, 2.75) is 17.4 Å². The van der Waals surface area contributed by atoms with Crippen molar-refractivity contribution < 1.29 is 23.1 Å². The third kappa shape index (κ3) is 4.28. The molecule has 0 aliphatic carbocycles. The van der Waals surface area contributed by atoms with Crippen LogP contribution in [0.1, 0.15) is 12.0 Å². The number of nitrogens with one attached hydrogen (secondary N) is 1. The molecular formula is C13H14ClNO5S. The van der Waals surface area contributed by atoms with Crippen LogP contribution in [0.2, 0.25) is 5.02 Å². The lowest BCUT2D eigenvalue weighted by atomic mass is 10.2. The number of ether oxygens (including phenoxy) is 1. The van der Waals surface area contributed by atoms with Crippen molar-refractivity contribution in [1.29, 1.82) is 0 Å². The normalized spacial score (nSPS) is 19.2. The molecule has 6 nitrogen and oxygen atoms in total. The summed E-state index contributed by atoms with van der Waals surface area (Å²) in [6.45, 7) is 0.871. The van der Waals surface area contributed by atoms with E-state index < -0.39 is 16.0 Å². The second-order valence-corrected chi connectivity index (χ2v) is 6.63. The van der Waals surface area contributed by atoms with Gasteiger partial charge in [0.2, 0.25) is 10.0 Å². The van der Waals surface area contributed by atoms with Crippen molar-refractivity contribution in [3.8, 4) is 0 Å². The molecule has 1 aliphatic heterocycles. The summed E-state index contributed by atoms with van der Waals surface area (Å²) < 4.78 is 32.1. The first-order valence-corrected chi connectivity index (χ1v) is 8.05. The molecule has 0 spiro atoms. The van der Waals surface area contributed by atoms with E-state index in [2.05, 4.69) is 4.72 Å². The highest BCUT2D eigenvalue weighted by Gasteiger charge is 2.25. The molecule has 0 amide bonds. The van der Waals surface area contributed by atoms with Crippen LogP contribution in [0, 0.1) is 0 Å². The number of benzene rings is 1. The van der Waals surface area contributed by atoms with Gasteiger partial charge in [-0.15, -0.1) is 0 Å². The number of carboxylic acid groups (broad SMARTS) is 1. The molecule has 1 aromatic carbocycles. The van der Waals surface area contributed by atoms with Crippen LogP contribution < -0.4 is 4.72 Å². The second-order valence-electron chi connectivity index (χ2n) is 4.54. The summed E-state index contributed by atoms with van der Waals surface area (Å²) in [5.74, 6) is -1.09. The molecule has 21 heavy (non-hydrogen) atoms. The Morgan fingerprint density at radius 1 is 1.48 bits per heavy atom. The minimum atomic E-state index is -3.72. The van der Waals surface area contributed by atoms with Crippen molar-refractivity contribution in [2.24, 2.45) is 0 Å². The van der Waals surface area contributed by atoms with Gasteiger partial charge < -0.3 is 9.84 Å². The minimum absolute atomic E-state index is 0.0361. The maximum absolute atomic E-state index is 12.2. The van der Waals surface area contributed by atoms with Gasteiger partial charge in [0.25, 0.3) is 0 Å². The lowest BCUT2D eigenvalue weighted by molar-refractivity contribution is -0.131. The van der Waals surface area contributed by atoms with Crippen molar-refractivity contribution in [1.82, 2.24) is 4.72 Å². The molecule has 0 radical (unpaired) electrons. The third-order valence-corrected chi connectivity index (χ3v) is 4.92. The Kier molecular flexibility index (Phi) is 5.00. The van der Waals surface area contributed by atoms with E-state index >= 15 is 0 Å². The fourth-order valence-corrected chi connectivity index (χ4v) is 3.72. The van der Waals surface area contributed by atoms with E-state index in [9.17, 15) is 13.2 Å². The summed E-state index contributed by atoms with van der Waals surface area (Å²) in [5, 5.41) is 8.59. The Bertz CT molecular complexity index is 665. The number of hydrogen-bond acceptors (Lipinski definition) is 4. The lowest BCUT2D eigenvalue weighted by Crippen LogP contribution is -2.35. The van der Waals surface area contributed by atoms with Crippen LogP contribution in [-0.2, 0) is 19.6 Å². The second kappa shape index (κ2) is 6.57. The van der Waals surface area contributed by atoms with Crippen LogP contribution in [0.25, 0.3) is 6.08 Å². The van der Waals surface area contributed by atoms with Crippen LogP contribution in [0.5, 0.6) is 0 Å². The van der Waals surface area contributed by atoms with Gasteiger partial charge in [-0.05, 0) is 30.2 Å². The van der Waals surface area contributed by atoms with E-state index in [1.54, 1.807) is 0 Å². The van der Waals surface area contributed by atoms with Crippen LogP contribution in [-0.4, -0.2) is 38.7 Å². The average Bonchev–Trinajstić information content (AvgIpc) is 2.88. The molecule has 1 heterocycles. The van der Waals surface area contributed by atoms with Gasteiger partial charge in [-0.25, -0.2) is 17.9 Å². The van der Waals surface area contributed by atoms with Gasteiger partial charge in [-0.3, -0.25) is 0 Å². The highest BCUT2D eigenvalue weighted by Crippen LogP contribution is 2.24. The topological polar surface area (TPSA) is 92.7 Å².